The third-order valence-electron chi connectivity index (χ3n) is 2.86. The van der Waals surface area contributed by atoms with Crippen molar-refractivity contribution in [3.05, 3.63) is 48.0 Å². The Hall–Kier alpha value is -2.70. The molecule has 0 bridgehead atoms. The molecule has 0 aliphatic carbocycles. The zero-order chi connectivity index (χ0) is 16.3. The number of benzene rings is 2. The number of hydrogen-bond donors (Lipinski definition) is 1. The second-order valence-electron chi connectivity index (χ2n) is 4.23. The molecule has 0 unspecified atom stereocenters. The monoisotopic (exact) mass is 312 g/mol. The van der Waals surface area contributed by atoms with Crippen molar-refractivity contribution in [3.8, 4) is 22.6 Å². The highest BCUT2D eigenvalue weighted by molar-refractivity contribution is 5.99. The van der Waals surface area contributed by atoms with Crippen molar-refractivity contribution in [2.45, 2.75) is 6.36 Å². The summed E-state index contributed by atoms with van der Waals surface area (Å²) in [5.41, 5.74) is -0.176. The molecule has 0 saturated heterocycles. The fraction of sp³-hybridized carbons (Fsp3) is 0.133. The van der Waals surface area contributed by atoms with Crippen LogP contribution in [-0.4, -0.2) is 24.5 Å². The fourth-order valence-corrected chi connectivity index (χ4v) is 2.04. The van der Waals surface area contributed by atoms with E-state index in [4.69, 9.17) is 4.74 Å². The fourth-order valence-electron chi connectivity index (χ4n) is 2.04. The van der Waals surface area contributed by atoms with Gasteiger partial charge in [-0.05, 0) is 18.2 Å². The standard InChI is InChI=1S/C15H11F3O4/c1-21-12-8-4-6-10(14(19)20)13(12)9-5-2-3-7-11(9)22-15(16,17)18/h2-8H,1H3,(H,19,20). The molecule has 2 rings (SSSR count). The average Bonchev–Trinajstić information content (AvgIpc) is 2.45. The van der Waals surface area contributed by atoms with E-state index in [1.807, 2.05) is 0 Å². The predicted octanol–water partition coefficient (Wildman–Crippen LogP) is 3.96. The molecule has 0 aromatic heterocycles. The molecule has 0 radical (unpaired) electrons. The molecule has 2 aromatic rings. The van der Waals surface area contributed by atoms with E-state index in [0.717, 1.165) is 6.07 Å². The molecule has 0 spiro atoms. The van der Waals surface area contributed by atoms with Crippen molar-refractivity contribution in [1.82, 2.24) is 0 Å². The summed E-state index contributed by atoms with van der Waals surface area (Å²) in [6, 6.07) is 9.49. The van der Waals surface area contributed by atoms with Crippen molar-refractivity contribution in [1.29, 1.82) is 0 Å². The zero-order valence-electron chi connectivity index (χ0n) is 11.3. The largest absolute Gasteiger partial charge is 0.573 e. The minimum Gasteiger partial charge on any atom is -0.496 e. The molecule has 22 heavy (non-hydrogen) atoms. The van der Waals surface area contributed by atoms with E-state index in [1.54, 1.807) is 0 Å². The van der Waals surface area contributed by atoms with Gasteiger partial charge >= 0.3 is 12.3 Å². The lowest BCUT2D eigenvalue weighted by Crippen LogP contribution is -2.17. The predicted molar refractivity (Wildman–Crippen MR) is 72.1 cm³/mol. The minimum atomic E-state index is -4.89. The molecule has 116 valence electrons. The number of aromatic carboxylic acids is 1. The van der Waals surface area contributed by atoms with Crippen LogP contribution in [0.15, 0.2) is 42.5 Å². The first-order valence-corrected chi connectivity index (χ1v) is 6.09. The Bertz CT molecular complexity index is 695. The SMILES string of the molecule is COc1cccc(C(=O)O)c1-c1ccccc1OC(F)(F)F. The molecule has 7 heteroatoms. The second-order valence-corrected chi connectivity index (χ2v) is 4.23. The molecule has 4 nitrogen and oxygen atoms in total. The molecule has 0 fully saturated rings. The highest BCUT2D eigenvalue weighted by Crippen LogP contribution is 2.40. The number of carbonyl (C=O) groups is 1. The number of para-hydroxylation sites is 1. The van der Waals surface area contributed by atoms with Gasteiger partial charge in [0, 0.05) is 11.1 Å². The molecule has 1 N–H and O–H groups in total. The molecule has 0 aliphatic rings. The van der Waals surface area contributed by atoms with E-state index in [2.05, 4.69) is 4.74 Å². The number of alkyl halides is 3. The molecule has 0 aliphatic heterocycles. The number of carboxylic acid groups (broad SMARTS) is 1. The van der Waals surface area contributed by atoms with Crippen LogP contribution in [0.4, 0.5) is 13.2 Å². The van der Waals surface area contributed by atoms with Crippen LogP contribution >= 0.6 is 0 Å². The van der Waals surface area contributed by atoms with Gasteiger partial charge in [-0.1, -0.05) is 24.3 Å². The Morgan fingerprint density at radius 3 is 2.27 bits per heavy atom. The van der Waals surface area contributed by atoms with Crippen LogP contribution in [-0.2, 0) is 0 Å². The van der Waals surface area contributed by atoms with Crippen molar-refractivity contribution < 1.29 is 32.5 Å². The van der Waals surface area contributed by atoms with Gasteiger partial charge in [0.1, 0.15) is 11.5 Å². The number of carboxylic acids is 1. The molecule has 0 saturated carbocycles. The first-order valence-electron chi connectivity index (χ1n) is 6.09. The number of ether oxygens (including phenoxy) is 2. The van der Waals surface area contributed by atoms with Crippen LogP contribution in [0.1, 0.15) is 10.4 Å². The first-order chi connectivity index (χ1) is 10.3. The number of hydrogen-bond acceptors (Lipinski definition) is 3. The van der Waals surface area contributed by atoms with E-state index >= 15 is 0 Å². The van der Waals surface area contributed by atoms with E-state index in [0.29, 0.717) is 0 Å². The number of halogens is 3. The second kappa shape index (κ2) is 5.97. The molecular weight excluding hydrogens is 301 g/mol. The Morgan fingerprint density at radius 2 is 1.68 bits per heavy atom. The van der Waals surface area contributed by atoms with Crippen LogP contribution in [0.25, 0.3) is 11.1 Å². The molecule has 2 aromatic carbocycles. The lowest BCUT2D eigenvalue weighted by atomic mass is 9.97. The van der Waals surface area contributed by atoms with Crippen molar-refractivity contribution >= 4 is 5.97 Å². The zero-order valence-corrected chi connectivity index (χ0v) is 11.3. The molecule has 0 amide bonds. The van der Waals surface area contributed by atoms with E-state index < -0.39 is 18.1 Å². The van der Waals surface area contributed by atoms with Crippen molar-refractivity contribution in [3.63, 3.8) is 0 Å². The average molecular weight is 312 g/mol. The summed E-state index contributed by atoms with van der Waals surface area (Å²) >= 11 is 0. The summed E-state index contributed by atoms with van der Waals surface area (Å²) in [5, 5.41) is 9.25. The Labute approximate surface area is 123 Å². The normalized spacial score (nSPS) is 11.1. The van der Waals surface area contributed by atoms with Gasteiger partial charge in [-0.15, -0.1) is 13.2 Å². The maximum atomic E-state index is 12.5. The van der Waals surface area contributed by atoms with Gasteiger partial charge < -0.3 is 14.6 Å². The quantitative estimate of drug-likeness (QED) is 0.928. The summed E-state index contributed by atoms with van der Waals surface area (Å²) in [6.45, 7) is 0. The highest BCUT2D eigenvalue weighted by Gasteiger charge is 2.33. The molecular formula is C15H11F3O4. The van der Waals surface area contributed by atoms with Gasteiger partial charge in [0.05, 0.1) is 12.7 Å². The maximum absolute atomic E-state index is 12.5. The van der Waals surface area contributed by atoms with Gasteiger partial charge in [-0.3, -0.25) is 0 Å². The van der Waals surface area contributed by atoms with Gasteiger partial charge in [0.15, 0.2) is 0 Å². The van der Waals surface area contributed by atoms with Crippen LogP contribution < -0.4 is 9.47 Å². The lowest BCUT2D eigenvalue weighted by Gasteiger charge is -2.16. The van der Waals surface area contributed by atoms with Crippen molar-refractivity contribution in [2.75, 3.05) is 7.11 Å². The van der Waals surface area contributed by atoms with Crippen LogP contribution in [0.2, 0.25) is 0 Å². The van der Waals surface area contributed by atoms with Crippen molar-refractivity contribution in [2.24, 2.45) is 0 Å². The summed E-state index contributed by atoms with van der Waals surface area (Å²) in [7, 11) is 1.30. The third-order valence-corrected chi connectivity index (χ3v) is 2.86. The summed E-state index contributed by atoms with van der Waals surface area (Å²) < 4.78 is 46.6. The van der Waals surface area contributed by atoms with Gasteiger partial charge in [0.2, 0.25) is 0 Å². The Kier molecular flexibility index (Phi) is 4.25. The van der Waals surface area contributed by atoms with Gasteiger partial charge in [-0.25, -0.2) is 4.79 Å². The van der Waals surface area contributed by atoms with E-state index in [1.165, 1.54) is 43.5 Å². The van der Waals surface area contributed by atoms with Crippen LogP contribution in [0, 0.1) is 0 Å². The number of rotatable bonds is 4. The third kappa shape index (κ3) is 3.30. The van der Waals surface area contributed by atoms with Crippen LogP contribution in [0.5, 0.6) is 11.5 Å². The minimum absolute atomic E-state index is 0.0188. The lowest BCUT2D eigenvalue weighted by molar-refractivity contribution is -0.274. The topological polar surface area (TPSA) is 55.8 Å². The van der Waals surface area contributed by atoms with E-state index in [9.17, 15) is 23.1 Å². The Balaban J connectivity index is 2.69. The summed E-state index contributed by atoms with van der Waals surface area (Å²) in [6.07, 6.45) is -4.89. The smallest absolute Gasteiger partial charge is 0.496 e. The maximum Gasteiger partial charge on any atom is 0.573 e. The summed E-state index contributed by atoms with van der Waals surface area (Å²) in [5.74, 6) is -1.64. The highest BCUT2D eigenvalue weighted by atomic mass is 19.4. The molecule has 0 heterocycles. The number of methoxy groups -OCH3 is 1. The Morgan fingerprint density at radius 1 is 1.05 bits per heavy atom. The van der Waals surface area contributed by atoms with Gasteiger partial charge in [0.25, 0.3) is 0 Å². The van der Waals surface area contributed by atoms with E-state index in [-0.39, 0.29) is 22.4 Å². The first kappa shape index (κ1) is 15.7. The van der Waals surface area contributed by atoms with Gasteiger partial charge in [-0.2, -0.15) is 0 Å². The summed E-state index contributed by atoms with van der Waals surface area (Å²) in [4.78, 5) is 11.3. The van der Waals surface area contributed by atoms with Crippen LogP contribution in [0.3, 0.4) is 0 Å². The molecule has 0 atom stereocenters.